The molecular formula is C47H34BN3. The number of hydrogen-bond donors (Lipinski definition) is 1. The molecule has 0 fully saturated rings. The highest BCUT2D eigenvalue weighted by atomic mass is 15.2. The summed E-state index contributed by atoms with van der Waals surface area (Å²) in [5.41, 5.74) is 14.6. The molecule has 3 nitrogen and oxygen atoms in total. The second-order valence-corrected chi connectivity index (χ2v) is 13.4. The van der Waals surface area contributed by atoms with Crippen LogP contribution >= 0.6 is 0 Å². The molecule has 1 aromatic heterocycles. The second-order valence-electron chi connectivity index (χ2n) is 13.4. The Bertz CT molecular complexity index is 2610. The van der Waals surface area contributed by atoms with Crippen LogP contribution in [0.1, 0.15) is 11.5 Å². The van der Waals surface area contributed by atoms with E-state index in [4.69, 9.17) is 0 Å². The topological polar surface area (TPSA) is 20.2 Å². The van der Waals surface area contributed by atoms with Crippen LogP contribution in [0.4, 0.5) is 17.1 Å². The van der Waals surface area contributed by atoms with E-state index in [0.29, 0.717) is 0 Å². The van der Waals surface area contributed by atoms with E-state index in [1.54, 1.807) is 0 Å². The number of allylic oxidation sites excluding steroid dienone is 4. The fourth-order valence-electron chi connectivity index (χ4n) is 8.18. The van der Waals surface area contributed by atoms with Crippen LogP contribution < -0.4 is 15.5 Å². The fourth-order valence-corrected chi connectivity index (χ4v) is 8.18. The van der Waals surface area contributed by atoms with Gasteiger partial charge in [-0.25, -0.2) is 0 Å². The van der Waals surface area contributed by atoms with Crippen molar-refractivity contribution in [2.24, 2.45) is 0 Å². The molecule has 8 aromatic rings. The molecule has 1 aliphatic carbocycles. The summed E-state index contributed by atoms with van der Waals surface area (Å²) in [6, 6.07) is 61.6. The monoisotopic (exact) mass is 651 g/mol. The minimum absolute atomic E-state index is 0.141. The number of nitrogens with zero attached hydrogens (tertiary/aromatic N) is 2. The van der Waals surface area contributed by atoms with Crippen LogP contribution in [-0.2, 0) is 0 Å². The molecule has 1 aliphatic heterocycles. The molecule has 0 amide bonds. The zero-order chi connectivity index (χ0) is 33.7. The second kappa shape index (κ2) is 12.1. The standard InChI is InChI=1S/C47H34BN3/c1-4-18-36(19-5-1)49-48-47-41(33-16-10-11-17-33)31-35(32-43(47)40-25-13-15-27-46(40)51(48)38-22-8-3-9-23-38)34-28-29-45-42(30-34)39-24-12-14-26-44(39)50(45)37-20-6-2-7-21-37/h1-33,49H. The Hall–Kier alpha value is -6.52. The minimum atomic E-state index is -0.141. The Balaban J connectivity index is 1.23. The maximum absolute atomic E-state index is 3.99. The summed E-state index contributed by atoms with van der Waals surface area (Å²) in [5, 5.41) is 6.50. The molecule has 0 saturated heterocycles. The number of anilines is 3. The molecule has 240 valence electrons. The molecule has 2 aliphatic rings. The van der Waals surface area contributed by atoms with E-state index in [0.717, 1.165) is 11.4 Å². The first kappa shape index (κ1) is 29.4. The summed E-state index contributed by atoms with van der Waals surface area (Å²) >= 11 is 0. The SMILES string of the molecule is C1=CC(c2cc(-c3ccc4c(c3)c3ccccc3n4-c3ccccc3)cc3c2B(Nc2ccccc2)N(c2ccccc2)c2ccccc2-3)C=C1. The van der Waals surface area contributed by atoms with Gasteiger partial charge in [0.25, 0.3) is 0 Å². The van der Waals surface area contributed by atoms with Gasteiger partial charge < -0.3 is 14.6 Å². The van der Waals surface area contributed by atoms with Crippen molar-refractivity contribution in [3.05, 3.63) is 200 Å². The molecule has 0 radical (unpaired) electrons. The zero-order valence-corrected chi connectivity index (χ0v) is 28.0. The molecule has 51 heavy (non-hydrogen) atoms. The summed E-state index contributed by atoms with van der Waals surface area (Å²) < 4.78 is 2.38. The Labute approximate surface area is 298 Å². The molecule has 0 atom stereocenters. The van der Waals surface area contributed by atoms with Gasteiger partial charge in [0.05, 0.1) is 11.0 Å². The van der Waals surface area contributed by atoms with Crippen molar-refractivity contribution in [2.45, 2.75) is 5.92 Å². The van der Waals surface area contributed by atoms with Crippen molar-refractivity contribution in [1.82, 2.24) is 4.57 Å². The van der Waals surface area contributed by atoms with E-state index in [-0.39, 0.29) is 12.9 Å². The van der Waals surface area contributed by atoms with Crippen molar-refractivity contribution >= 4 is 51.3 Å². The van der Waals surface area contributed by atoms with Gasteiger partial charge in [-0.05, 0) is 94.4 Å². The van der Waals surface area contributed by atoms with E-state index < -0.39 is 0 Å². The van der Waals surface area contributed by atoms with Crippen molar-refractivity contribution in [3.63, 3.8) is 0 Å². The van der Waals surface area contributed by atoms with Gasteiger partial charge in [-0.1, -0.05) is 127 Å². The minimum Gasteiger partial charge on any atom is -0.405 e. The lowest BCUT2D eigenvalue weighted by Crippen LogP contribution is -2.56. The molecule has 0 spiro atoms. The van der Waals surface area contributed by atoms with Gasteiger partial charge in [0.15, 0.2) is 0 Å². The summed E-state index contributed by atoms with van der Waals surface area (Å²) in [4.78, 5) is 2.47. The van der Waals surface area contributed by atoms with Gasteiger partial charge in [0, 0.05) is 45.0 Å². The average Bonchev–Trinajstić information content (AvgIpc) is 3.86. The quantitative estimate of drug-likeness (QED) is 0.181. The zero-order valence-electron chi connectivity index (χ0n) is 28.0. The lowest BCUT2D eigenvalue weighted by atomic mass is 9.56. The molecule has 0 saturated carbocycles. The third-order valence-corrected chi connectivity index (χ3v) is 10.4. The van der Waals surface area contributed by atoms with Gasteiger partial charge in [-0.15, -0.1) is 0 Å². The summed E-state index contributed by atoms with van der Waals surface area (Å²) in [5.74, 6) is 0.158. The molecule has 1 N–H and O–H groups in total. The number of hydrogen-bond acceptors (Lipinski definition) is 2. The van der Waals surface area contributed by atoms with Crippen LogP contribution in [0.25, 0.3) is 49.7 Å². The van der Waals surface area contributed by atoms with Gasteiger partial charge >= 0.3 is 6.98 Å². The maximum Gasteiger partial charge on any atom is 0.414 e. The summed E-state index contributed by atoms with van der Waals surface area (Å²) in [6.45, 7) is -0.141. The Morgan fingerprint density at radius 2 is 1.14 bits per heavy atom. The molecule has 0 unspecified atom stereocenters. The van der Waals surface area contributed by atoms with Gasteiger partial charge in [-0.3, -0.25) is 0 Å². The predicted molar refractivity (Wildman–Crippen MR) is 217 cm³/mol. The van der Waals surface area contributed by atoms with Crippen LogP contribution in [0.3, 0.4) is 0 Å². The Kier molecular flexibility index (Phi) is 6.99. The largest absolute Gasteiger partial charge is 0.414 e. The van der Waals surface area contributed by atoms with E-state index in [1.165, 1.54) is 66.5 Å². The van der Waals surface area contributed by atoms with E-state index in [9.17, 15) is 0 Å². The first-order valence-corrected chi connectivity index (χ1v) is 17.7. The average molecular weight is 652 g/mol. The highest BCUT2D eigenvalue weighted by Gasteiger charge is 2.39. The molecular weight excluding hydrogens is 617 g/mol. The van der Waals surface area contributed by atoms with Crippen LogP contribution in [0.15, 0.2) is 194 Å². The lowest BCUT2D eigenvalue weighted by Gasteiger charge is -2.40. The van der Waals surface area contributed by atoms with Crippen molar-refractivity contribution in [3.8, 4) is 27.9 Å². The predicted octanol–water partition coefficient (Wildman–Crippen LogP) is 11.3. The van der Waals surface area contributed by atoms with Crippen LogP contribution in [0, 0.1) is 0 Å². The number of benzene rings is 7. The molecule has 10 rings (SSSR count). The van der Waals surface area contributed by atoms with Crippen LogP contribution in [0.2, 0.25) is 0 Å². The molecule has 4 heteroatoms. The molecule has 2 heterocycles. The number of rotatable bonds is 6. The summed E-state index contributed by atoms with van der Waals surface area (Å²) in [6.07, 6.45) is 9.01. The maximum atomic E-state index is 3.99. The Morgan fingerprint density at radius 1 is 0.490 bits per heavy atom. The number of para-hydroxylation sites is 5. The van der Waals surface area contributed by atoms with Gasteiger partial charge in [0.2, 0.25) is 0 Å². The van der Waals surface area contributed by atoms with E-state index in [2.05, 4.69) is 209 Å². The van der Waals surface area contributed by atoms with Crippen molar-refractivity contribution < 1.29 is 0 Å². The summed E-state index contributed by atoms with van der Waals surface area (Å²) in [7, 11) is 0. The lowest BCUT2D eigenvalue weighted by molar-refractivity contribution is 1.11. The number of nitrogens with one attached hydrogen (secondary N) is 1. The molecule has 7 aromatic carbocycles. The first-order chi connectivity index (χ1) is 25.3. The third-order valence-electron chi connectivity index (χ3n) is 10.4. The first-order valence-electron chi connectivity index (χ1n) is 17.7. The van der Waals surface area contributed by atoms with Crippen molar-refractivity contribution in [1.29, 1.82) is 0 Å². The molecule has 0 bridgehead atoms. The van der Waals surface area contributed by atoms with E-state index >= 15 is 0 Å². The normalized spacial score (nSPS) is 13.6. The van der Waals surface area contributed by atoms with Gasteiger partial charge in [0.1, 0.15) is 0 Å². The highest BCUT2D eigenvalue weighted by Crippen LogP contribution is 2.44. The number of fused-ring (bicyclic) bond motifs is 6. The smallest absolute Gasteiger partial charge is 0.405 e. The van der Waals surface area contributed by atoms with Crippen LogP contribution in [0.5, 0.6) is 0 Å². The van der Waals surface area contributed by atoms with Crippen LogP contribution in [-0.4, -0.2) is 11.5 Å². The number of aromatic nitrogens is 1. The third kappa shape index (κ3) is 4.91. The fraction of sp³-hybridized carbons (Fsp3) is 0.0213. The van der Waals surface area contributed by atoms with E-state index in [1.807, 2.05) is 0 Å². The Morgan fingerprint density at radius 3 is 1.92 bits per heavy atom. The van der Waals surface area contributed by atoms with Gasteiger partial charge in [-0.2, -0.15) is 0 Å². The van der Waals surface area contributed by atoms with Crippen molar-refractivity contribution in [2.75, 3.05) is 10.0 Å². The highest BCUT2D eigenvalue weighted by molar-refractivity contribution is 6.83.